The fourth-order valence-corrected chi connectivity index (χ4v) is 3.45. The number of hydrogen-bond donors (Lipinski definition) is 2. The van der Waals surface area contributed by atoms with Gasteiger partial charge in [-0.25, -0.2) is 13.1 Å². The quantitative estimate of drug-likeness (QED) is 0.835. The van der Waals surface area contributed by atoms with E-state index in [1.54, 1.807) is 24.3 Å². The molecule has 6 heteroatoms. The molecule has 2 N–H and O–H groups in total. The zero-order valence-electron chi connectivity index (χ0n) is 11.8. The van der Waals surface area contributed by atoms with E-state index in [0.717, 1.165) is 25.8 Å². The van der Waals surface area contributed by atoms with E-state index < -0.39 is 10.0 Å². The van der Waals surface area contributed by atoms with Crippen molar-refractivity contribution < 1.29 is 13.2 Å². The summed E-state index contributed by atoms with van der Waals surface area (Å²) in [7, 11) is -3.44. The van der Waals surface area contributed by atoms with Crippen molar-refractivity contribution in [3.63, 3.8) is 0 Å². The summed E-state index contributed by atoms with van der Waals surface area (Å²) in [6.07, 6.45) is 2.80. The Hall–Kier alpha value is -1.11. The van der Waals surface area contributed by atoms with Crippen LogP contribution in [0.5, 0.6) is 5.75 Å². The maximum Gasteiger partial charge on any atom is 0.240 e. The first kappa shape index (κ1) is 15.3. The Bertz CT molecular complexity index is 508. The summed E-state index contributed by atoms with van der Waals surface area (Å²) in [6.45, 7) is 4.32. The molecular weight excluding hydrogens is 276 g/mol. The van der Waals surface area contributed by atoms with Gasteiger partial charge in [-0.1, -0.05) is 6.92 Å². The topological polar surface area (TPSA) is 67.4 Å². The Morgan fingerprint density at radius 2 is 2.10 bits per heavy atom. The number of nitrogens with one attached hydrogen (secondary N) is 2. The molecule has 1 atom stereocenters. The third-order valence-corrected chi connectivity index (χ3v) is 4.76. The van der Waals surface area contributed by atoms with Gasteiger partial charge in [-0.2, -0.15) is 0 Å². The molecule has 5 nitrogen and oxygen atoms in total. The Balaban J connectivity index is 2.01. The van der Waals surface area contributed by atoms with Crippen LogP contribution >= 0.6 is 0 Å². The van der Waals surface area contributed by atoms with Crippen LogP contribution < -0.4 is 14.8 Å². The number of hydrogen-bond acceptors (Lipinski definition) is 4. The standard InChI is InChI=1S/C14H22N2O3S/c1-2-10-19-13-5-7-14(8-6-13)20(17,18)16-12-4-3-9-15-11-12/h5-8,12,15-16H,2-4,9-11H2,1H3/t12-/m0/s1. The second-order valence-electron chi connectivity index (χ2n) is 4.98. The molecule has 0 aliphatic carbocycles. The summed E-state index contributed by atoms with van der Waals surface area (Å²) in [5.41, 5.74) is 0. The molecule has 112 valence electrons. The second-order valence-corrected chi connectivity index (χ2v) is 6.70. The highest BCUT2D eigenvalue weighted by atomic mass is 32.2. The summed E-state index contributed by atoms with van der Waals surface area (Å²) in [4.78, 5) is 0.284. The molecule has 2 rings (SSSR count). The summed E-state index contributed by atoms with van der Waals surface area (Å²) in [5, 5.41) is 3.19. The minimum Gasteiger partial charge on any atom is -0.494 e. The van der Waals surface area contributed by atoms with Gasteiger partial charge in [0.05, 0.1) is 11.5 Å². The van der Waals surface area contributed by atoms with Gasteiger partial charge in [0.1, 0.15) is 5.75 Å². The first-order valence-electron chi connectivity index (χ1n) is 7.08. The molecule has 1 aromatic carbocycles. The summed E-state index contributed by atoms with van der Waals surface area (Å²) >= 11 is 0. The fourth-order valence-electron chi connectivity index (χ4n) is 2.17. The van der Waals surface area contributed by atoms with Gasteiger partial charge in [-0.15, -0.1) is 0 Å². The molecular formula is C14H22N2O3S. The van der Waals surface area contributed by atoms with Crippen LogP contribution in [0.25, 0.3) is 0 Å². The van der Waals surface area contributed by atoms with Gasteiger partial charge in [0, 0.05) is 12.6 Å². The van der Waals surface area contributed by atoms with Crippen LogP contribution in [0.2, 0.25) is 0 Å². The van der Waals surface area contributed by atoms with E-state index in [1.807, 2.05) is 6.92 Å². The molecule has 0 unspecified atom stereocenters. The van der Waals surface area contributed by atoms with Crippen molar-refractivity contribution >= 4 is 10.0 Å². The van der Waals surface area contributed by atoms with E-state index in [4.69, 9.17) is 4.74 Å². The number of sulfonamides is 1. The maximum absolute atomic E-state index is 12.2. The first-order valence-corrected chi connectivity index (χ1v) is 8.56. The lowest BCUT2D eigenvalue weighted by Gasteiger charge is -2.23. The van der Waals surface area contributed by atoms with E-state index in [9.17, 15) is 8.42 Å². The molecule has 1 aliphatic heterocycles. The molecule has 0 spiro atoms. The third-order valence-electron chi connectivity index (χ3n) is 3.23. The second kappa shape index (κ2) is 7.06. The van der Waals surface area contributed by atoms with E-state index in [-0.39, 0.29) is 10.9 Å². The van der Waals surface area contributed by atoms with Crippen molar-refractivity contribution in [1.82, 2.24) is 10.0 Å². The molecule has 0 aromatic heterocycles. The van der Waals surface area contributed by atoms with Gasteiger partial charge in [0.15, 0.2) is 0 Å². The van der Waals surface area contributed by atoms with Crippen LogP contribution in [-0.2, 0) is 10.0 Å². The summed E-state index contributed by atoms with van der Waals surface area (Å²) in [6, 6.07) is 6.55. The van der Waals surface area contributed by atoms with Gasteiger partial charge < -0.3 is 10.1 Å². The third kappa shape index (κ3) is 4.19. The Morgan fingerprint density at radius 1 is 1.35 bits per heavy atom. The molecule has 1 aromatic rings. The monoisotopic (exact) mass is 298 g/mol. The van der Waals surface area contributed by atoms with Gasteiger partial charge in [0.25, 0.3) is 0 Å². The zero-order valence-corrected chi connectivity index (χ0v) is 12.6. The highest BCUT2D eigenvalue weighted by Gasteiger charge is 2.21. The molecule has 1 fully saturated rings. The van der Waals surface area contributed by atoms with E-state index in [0.29, 0.717) is 18.9 Å². The minimum atomic E-state index is -3.44. The van der Waals surface area contributed by atoms with E-state index in [2.05, 4.69) is 10.0 Å². The lowest BCUT2D eigenvalue weighted by atomic mass is 10.1. The number of piperidine rings is 1. The largest absolute Gasteiger partial charge is 0.494 e. The average Bonchev–Trinajstić information content (AvgIpc) is 2.46. The van der Waals surface area contributed by atoms with Gasteiger partial charge in [-0.3, -0.25) is 0 Å². The Kier molecular flexibility index (Phi) is 5.39. The van der Waals surface area contributed by atoms with Gasteiger partial charge >= 0.3 is 0 Å². The van der Waals surface area contributed by atoms with Gasteiger partial charge in [0.2, 0.25) is 10.0 Å². The highest BCUT2D eigenvalue weighted by Crippen LogP contribution is 2.17. The molecule has 20 heavy (non-hydrogen) atoms. The zero-order chi connectivity index (χ0) is 14.4. The van der Waals surface area contributed by atoms with Crippen LogP contribution in [0.3, 0.4) is 0 Å². The lowest BCUT2D eigenvalue weighted by molar-refractivity contribution is 0.317. The summed E-state index contributed by atoms with van der Waals surface area (Å²) < 4.78 is 32.7. The number of benzene rings is 1. The van der Waals surface area contributed by atoms with E-state index in [1.165, 1.54) is 0 Å². The normalized spacial score (nSPS) is 19.8. The van der Waals surface area contributed by atoms with Crippen LogP contribution in [0.4, 0.5) is 0 Å². The minimum absolute atomic E-state index is 0.0234. The molecule has 0 saturated carbocycles. The molecule has 0 radical (unpaired) electrons. The van der Waals surface area contributed by atoms with Crippen LogP contribution in [0.15, 0.2) is 29.2 Å². The van der Waals surface area contributed by atoms with E-state index >= 15 is 0 Å². The Morgan fingerprint density at radius 3 is 2.70 bits per heavy atom. The molecule has 0 amide bonds. The number of rotatable bonds is 6. The molecule has 1 saturated heterocycles. The van der Waals surface area contributed by atoms with Gasteiger partial charge in [-0.05, 0) is 50.1 Å². The summed E-state index contributed by atoms with van der Waals surface area (Å²) in [5.74, 6) is 0.699. The van der Waals surface area contributed by atoms with Crippen LogP contribution in [0, 0.1) is 0 Å². The van der Waals surface area contributed by atoms with Crippen molar-refractivity contribution in [1.29, 1.82) is 0 Å². The smallest absolute Gasteiger partial charge is 0.240 e. The SMILES string of the molecule is CCCOc1ccc(S(=O)(=O)N[C@H]2CCCNC2)cc1. The van der Waals surface area contributed by atoms with Crippen molar-refractivity contribution in [3.05, 3.63) is 24.3 Å². The van der Waals surface area contributed by atoms with Crippen molar-refractivity contribution in [2.45, 2.75) is 37.1 Å². The molecule has 0 bridgehead atoms. The predicted octanol–water partition coefficient (Wildman–Crippen LogP) is 1.51. The number of ether oxygens (including phenoxy) is 1. The predicted molar refractivity (Wildman–Crippen MR) is 78.4 cm³/mol. The lowest BCUT2D eigenvalue weighted by Crippen LogP contribution is -2.45. The van der Waals surface area contributed by atoms with Crippen LogP contribution in [-0.4, -0.2) is 34.2 Å². The van der Waals surface area contributed by atoms with Crippen molar-refractivity contribution in [2.24, 2.45) is 0 Å². The Labute approximate surface area is 120 Å². The van der Waals surface area contributed by atoms with Crippen molar-refractivity contribution in [3.8, 4) is 5.75 Å². The van der Waals surface area contributed by atoms with Crippen LogP contribution in [0.1, 0.15) is 26.2 Å². The molecule has 1 heterocycles. The fraction of sp³-hybridized carbons (Fsp3) is 0.571. The molecule has 1 aliphatic rings. The highest BCUT2D eigenvalue weighted by molar-refractivity contribution is 7.89. The first-order chi connectivity index (χ1) is 9.62. The average molecular weight is 298 g/mol. The van der Waals surface area contributed by atoms with Crippen molar-refractivity contribution in [2.75, 3.05) is 19.7 Å². The maximum atomic E-state index is 12.2.